The lowest BCUT2D eigenvalue weighted by Crippen LogP contribution is -2.49. The first-order valence-corrected chi connectivity index (χ1v) is 9.91. The molecule has 1 aliphatic rings. The van der Waals surface area contributed by atoms with Crippen molar-refractivity contribution in [2.24, 2.45) is 0 Å². The van der Waals surface area contributed by atoms with Gasteiger partial charge in [-0.2, -0.15) is 5.26 Å². The highest BCUT2D eigenvalue weighted by Crippen LogP contribution is 2.40. The molecule has 1 amide bonds. The Morgan fingerprint density at radius 3 is 2.39 bits per heavy atom. The maximum atomic E-state index is 13.7. The van der Waals surface area contributed by atoms with Gasteiger partial charge in [0.25, 0.3) is 5.91 Å². The van der Waals surface area contributed by atoms with Crippen LogP contribution in [0.1, 0.15) is 27.0 Å². The quantitative estimate of drug-likeness (QED) is 0.607. The largest absolute Gasteiger partial charge is 0.493 e. The number of nitriles is 1. The summed E-state index contributed by atoms with van der Waals surface area (Å²) in [5.74, 6) is 0.707. The van der Waals surface area contributed by atoms with E-state index < -0.39 is 5.54 Å². The van der Waals surface area contributed by atoms with Crippen molar-refractivity contribution in [2.45, 2.75) is 12.0 Å². The van der Waals surface area contributed by atoms with Crippen molar-refractivity contribution in [3.8, 4) is 17.6 Å². The molecule has 4 rings (SSSR count). The number of rotatable bonds is 5. The molecule has 1 aliphatic heterocycles. The average Bonchev–Trinajstić information content (AvgIpc) is 2.83. The molecule has 0 saturated carbocycles. The summed E-state index contributed by atoms with van der Waals surface area (Å²) in [4.78, 5) is 15.2. The number of amides is 1. The molecule has 1 atom stereocenters. The van der Waals surface area contributed by atoms with Gasteiger partial charge in [0.1, 0.15) is 0 Å². The Balaban J connectivity index is 1.84. The van der Waals surface area contributed by atoms with Crippen LogP contribution in [0, 0.1) is 11.3 Å². The van der Waals surface area contributed by atoms with Crippen molar-refractivity contribution in [3.63, 3.8) is 0 Å². The number of benzene rings is 3. The Hall–Kier alpha value is -4.04. The van der Waals surface area contributed by atoms with E-state index in [2.05, 4.69) is 6.07 Å². The Labute approximate surface area is 181 Å². The van der Waals surface area contributed by atoms with Gasteiger partial charge >= 0.3 is 0 Å². The molecule has 0 bridgehead atoms. The summed E-state index contributed by atoms with van der Waals surface area (Å²) >= 11 is 0. The second-order valence-corrected chi connectivity index (χ2v) is 7.28. The van der Waals surface area contributed by atoms with Crippen LogP contribution in [-0.2, 0) is 12.0 Å². The van der Waals surface area contributed by atoms with Crippen molar-refractivity contribution in [3.05, 3.63) is 101 Å². The summed E-state index contributed by atoms with van der Waals surface area (Å²) in [5, 5.41) is 10.5. The number of methoxy groups -OCH3 is 2. The van der Waals surface area contributed by atoms with E-state index in [1.807, 2.05) is 60.7 Å². The molecular formula is C26H22N2O3. The van der Waals surface area contributed by atoms with E-state index in [-0.39, 0.29) is 5.91 Å². The maximum Gasteiger partial charge on any atom is 0.259 e. The zero-order valence-electron chi connectivity index (χ0n) is 17.4. The fourth-order valence-electron chi connectivity index (χ4n) is 4.01. The minimum absolute atomic E-state index is 0.288. The summed E-state index contributed by atoms with van der Waals surface area (Å²) in [6.07, 6.45) is 3.94. The number of ether oxygens (including phenoxy) is 2. The van der Waals surface area contributed by atoms with Crippen LogP contribution in [0.4, 0.5) is 0 Å². The third-order valence-corrected chi connectivity index (χ3v) is 5.56. The van der Waals surface area contributed by atoms with Crippen LogP contribution in [0.2, 0.25) is 0 Å². The third kappa shape index (κ3) is 3.53. The molecule has 0 N–H and O–H groups in total. The van der Waals surface area contributed by atoms with Crippen molar-refractivity contribution in [2.75, 3.05) is 14.2 Å². The van der Waals surface area contributed by atoms with Gasteiger partial charge in [-0.15, -0.1) is 0 Å². The van der Waals surface area contributed by atoms with Gasteiger partial charge in [0, 0.05) is 18.2 Å². The molecule has 0 radical (unpaired) electrons. The summed E-state index contributed by atoms with van der Waals surface area (Å²) in [7, 11) is 3.07. The van der Waals surface area contributed by atoms with E-state index in [1.54, 1.807) is 31.5 Å². The van der Waals surface area contributed by atoms with E-state index in [0.717, 1.165) is 16.7 Å². The van der Waals surface area contributed by atoms with Gasteiger partial charge < -0.3 is 9.47 Å². The van der Waals surface area contributed by atoms with E-state index >= 15 is 0 Å². The van der Waals surface area contributed by atoms with Gasteiger partial charge in [0.15, 0.2) is 17.0 Å². The van der Waals surface area contributed by atoms with Crippen molar-refractivity contribution in [1.82, 2.24) is 4.90 Å². The second kappa shape index (κ2) is 8.37. The SMILES string of the molecule is COc1ccc(C(=O)N2C=Cc3ccccc3C2(C#N)Cc2ccccc2)cc1OC. The number of carbonyl (C=O) groups is 1. The first kappa shape index (κ1) is 20.2. The molecule has 3 aromatic rings. The van der Waals surface area contributed by atoms with Crippen LogP contribution in [0.25, 0.3) is 6.08 Å². The Bertz CT molecular complexity index is 1180. The van der Waals surface area contributed by atoms with Crippen LogP contribution >= 0.6 is 0 Å². The van der Waals surface area contributed by atoms with Crippen LogP contribution in [0.15, 0.2) is 79.0 Å². The molecule has 0 aromatic heterocycles. The zero-order valence-corrected chi connectivity index (χ0v) is 17.4. The minimum atomic E-state index is -1.18. The third-order valence-electron chi connectivity index (χ3n) is 5.56. The zero-order chi connectivity index (χ0) is 21.8. The number of nitrogens with zero attached hydrogens (tertiary/aromatic N) is 2. The monoisotopic (exact) mass is 410 g/mol. The standard InChI is InChI=1S/C26H22N2O3/c1-30-23-13-12-21(16-24(23)31-2)25(29)28-15-14-20-10-6-7-11-22(20)26(28,18-27)17-19-8-4-3-5-9-19/h3-16H,17H2,1-2H3. The fraction of sp³-hybridized carbons (Fsp3) is 0.154. The van der Waals surface area contributed by atoms with Gasteiger partial charge in [-0.1, -0.05) is 54.6 Å². The highest BCUT2D eigenvalue weighted by Gasteiger charge is 2.44. The number of carbonyl (C=O) groups excluding carboxylic acids is 1. The minimum Gasteiger partial charge on any atom is -0.493 e. The number of hydrogen-bond acceptors (Lipinski definition) is 4. The van der Waals surface area contributed by atoms with Gasteiger partial charge in [-0.25, -0.2) is 0 Å². The summed E-state index contributed by atoms with van der Waals surface area (Å²) in [5.41, 5.74) is 1.93. The predicted molar refractivity (Wildman–Crippen MR) is 119 cm³/mol. The van der Waals surface area contributed by atoms with Crippen molar-refractivity contribution in [1.29, 1.82) is 5.26 Å². The Morgan fingerprint density at radius 2 is 1.68 bits per heavy atom. The van der Waals surface area contributed by atoms with Crippen LogP contribution in [0.3, 0.4) is 0 Å². The van der Waals surface area contributed by atoms with Crippen LogP contribution in [0.5, 0.6) is 11.5 Å². The molecule has 154 valence electrons. The molecule has 1 heterocycles. The summed E-state index contributed by atoms with van der Waals surface area (Å²) in [6, 6.07) is 24.9. The summed E-state index contributed by atoms with van der Waals surface area (Å²) < 4.78 is 10.7. The summed E-state index contributed by atoms with van der Waals surface area (Å²) in [6.45, 7) is 0. The molecule has 5 nitrogen and oxygen atoms in total. The first-order chi connectivity index (χ1) is 15.1. The van der Waals surface area contributed by atoms with E-state index in [4.69, 9.17) is 9.47 Å². The topological polar surface area (TPSA) is 62.6 Å². The van der Waals surface area contributed by atoms with E-state index in [1.165, 1.54) is 12.0 Å². The molecule has 3 aromatic carbocycles. The average molecular weight is 410 g/mol. The molecule has 0 aliphatic carbocycles. The number of hydrogen-bond donors (Lipinski definition) is 0. The second-order valence-electron chi connectivity index (χ2n) is 7.28. The lowest BCUT2D eigenvalue weighted by molar-refractivity contribution is 0.0697. The highest BCUT2D eigenvalue weighted by atomic mass is 16.5. The van der Waals surface area contributed by atoms with Crippen LogP contribution in [-0.4, -0.2) is 25.0 Å². The molecular weight excluding hydrogens is 388 g/mol. The fourth-order valence-corrected chi connectivity index (χ4v) is 4.01. The molecule has 0 spiro atoms. The van der Waals surface area contributed by atoms with E-state index in [9.17, 15) is 10.1 Å². The van der Waals surface area contributed by atoms with Gasteiger partial charge in [-0.3, -0.25) is 9.69 Å². The van der Waals surface area contributed by atoms with Gasteiger partial charge in [0.05, 0.1) is 20.3 Å². The lowest BCUT2D eigenvalue weighted by atomic mass is 9.79. The highest BCUT2D eigenvalue weighted by molar-refractivity contribution is 5.97. The van der Waals surface area contributed by atoms with Crippen LogP contribution < -0.4 is 9.47 Å². The predicted octanol–water partition coefficient (Wildman–Crippen LogP) is 4.79. The van der Waals surface area contributed by atoms with Gasteiger partial charge in [-0.05, 0) is 41.0 Å². The van der Waals surface area contributed by atoms with Crippen molar-refractivity contribution >= 4 is 12.0 Å². The lowest BCUT2D eigenvalue weighted by Gasteiger charge is -2.40. The smallest absolute Gasteiger partial charge is 0.259 e. The van der Waals surface area contributed by atoms with Crippen molar-refractivity contribution < 1.29 is 14.3 Å². The normalized spacial score (nSPS) is 16.9. The molecule has 31 heavy (non-hydrogen) atoms. The molecule has 0 saturated heterocycles. The van der Waals surface area contributed by atoms with Gasteiger partial charge in [0.2, 0.25) is 0 Å². The molecule has 5 heteroatoms. The van der Waals surface area contributed by atoms with E-state index in [0.29, 0.717) is 23.5 Å². The molecule has 0 fully saturated rings. The first-order valence-electron chi connectivity index (χ1n) is 9.91. The number of fused-ring (bicyclic) bond motifs is 1. The molecule has 1 unspecified atom stereocenters. The maximum absolute atomic E-state index is 13.7. The Morgan fingerprint density at radius 1 is 0.968 bits per heavy atom. The Kier molecular flexibility index (Phi) is 5.46.